The number of morpholine rings is 1. The number of hydrogen-bond donors (Lipinski definition) is 2. The maximum atomic E-state index is 13.6. The zero-order valence-corrected chi connectivity index (χ0v) is 17.6. The summed E-state index contributed by atoms with van der Waals surface area (Å²) < 4.78 is 19.0. The van der Waals surface area contributed by atoms with E-state index in [0.717, 1.165) is 12.1 Å². The summed E-state index contributed by atoms with van der Waals surface area (Å²) in [6.07, 6.45) is 3.43. The van der Waals surface area contributed by atoms with Crippen molar-refractivity contribution in [2.45, 2.75) is 26.2 Å². The van der Waals surface area contributed by atoms with Crippen molar-refractivity contribution in [3.63, 3.8) is 0 Å². The highest BCUT2D eigenvalue weighted by molar-refractivity contribution is 5.59. The van der Waals surface area contributed by atoms with Gasteiger partial charge >= 0.3 is 0 Å². The van der Waals surface area contributed by atoms with Crippen LogP contribution in [0.2, 0.25) is 0 Å². The Morgan fingerprint density at radius 1 is 0.935 bits per heavy atom. The molecule has 3 aromatic rings. The minimum Gasteiger partial charge on any atom is -0.378 e. The lowest BCUT2D eigenvalue weighted by atomic mass is 10.1. The van der Waals surface area contributed by atoms with Gasteiger partial charge in [-0.2, -0.15) is 15.0 Å². The average molecular weight is 423 g/mol. The van der Waals surface area contributed by atoms with Gasteiger partial charge in [0.1, 0.15) is 5.82 Å². The molecule has 4 rings (SSSR count). The number of nitrogens with zero attached hydrogens (tertiary/aromatic N) is 4. The molecule has 1 aromatic heterocycles. The number of hydrogen-bond acceptors (Lipinski definition) is 7. The van der Waals surface area contributed by atoms with E-state index in [9.17, 15) is 4.39 Å². The molecule has 2 N–H and O–H groups in total. The number of aromatic nitrogens is 3. The summed E-state index contributed by atoms with van der Waals surface area (Å²) in [4.78, 5) is 15.7. The Balaban J connectivity index is 1.57. The molecule has 1 saturated heterocycles. The van der Waals surface area contributed by atoms with E-state index < -0.39 is 0 Å². The van der Waals surface area contributed by atoms with Gasteiger partial charge in [0, 0.05) is 24.5 Å². The summed E-state index contributed by atoms with van der Waals surface area (Å²) in [7, 11) is 0. The van der Waals surface area contributed by atoms with Crippen LogP contribution in [-0.4, -0.2) is 41.3 Å². The van der Waals surface area contributed by atoms with Gasteiger partial charge in [0.05, 0.1) is 13.2 Å². The van der Waals surface area contributed by atoms with Crippen molar-refractivity contribution in [3.05, 3.63) is 59.9 Å². The molecule has 1 aliphatic rings. The highest BCUT2D eigenvalue weighted by Gasteiger charge is 2.17. The standard InChI is InChI=1S/C23H27FN6O/c1-2-3-5-17-8-10-19(11-9-17)25-21-27-22(26-20-7-4-6-18(24)16-20)29-23(28-21)30-12-14-31-15-13-30/h4,6-11,16H,2-3,5,12-15H2,1H3,(H2,25,26,27,28,29). The monoisotopic (exact) mass is 422 g/mol. The topological polar surface area (TPSA) is 75.2 Å². The van der Waals surface area contributed by atoms with Crippen LogP contribution in [0.4, 0.5) is 33.6 Å². The molecule has 0 amide bonds. The van der Waals surface area contributed by atoms with Crippen molar-refractivity contribution < 1.29 is 9.13 Å². The minimum atomic E-state index is -0.325. The van der Waals surface area contributed by atoms with Crippen molar-refractivity contribution >= 4 is 29.2 Å². The highest BCUT2D eigenvalue weighted by Crippen LogP contribution is 2.22. The quantitative estimate of drug-likeness (QED) is 0.546. The highest BCUT2D eigenvalue weighted by atomic mass is 19.1. The molecule has 0 radical (unpaired) electrons. The summed E-state index contributed by atoms with van der Waals surface area (Å²) in [5.74, 6) is 1.01. The first kappa shape index (κ1) is 21.0. The number of anilines is 5. The van der Waals surface area contributed by atoms with Gasteiger partial charge in [-0.3, -0.25) is 0 Å². The number of nitrogens with one attached hydrogen (secondary N) is 2. The fourth-order valence-corrected chi connectivity index (χ4v) is 3.34. The lowest BCUT2D eigenvalue weighted by Crippen LogP contribution is -2.37. The summed E-state index contributed by atoms with van der Waals surface area (Å²) in [5, 5.41) is 6.35. The Labute approximate surface area is 181 Å². The maximum Gasteiger partial charge on any atom is 0.233 e. The number of aryl methyl sites for hydroxylation is 1. The third-order valence-electron chi connectivity index (χ3n) is 5.03. The third-order valence-corrected chi connectivity index (χ3v) is 5.03. The van der Waals surface area contributed by atoms with E-state index in [-0.39, 0.29) is 5.82 Å². The lowest BCUT2D eigenvalue weighted by molar-refractivity contribution is 0.122. The molecule has 162 valence electrons. The third kappa shape index (κ3) is 5.88. The van der Waals surface area contributed by atoms with Gasteiger partial charge in [-0.25, -0.2) is 4.39 Å². The van der Waals surface area contributed by atoms with E-state index in [2.05, 4.69) is 49.5 Å². The molecule has 8 heteroatoms. The lowest BCUT2D eigenvalue weighted by Gasteiger charge is -2.27. The number of rotatable bonds is 8. The zero-order valence-electron chi connectivity index (χ0n) is 17.6. The summed E-state index contributed by atoms with van der Waals surface area (Å²) in [5.41, 5.74) is 2.78. The molecule has 2 heterocycles. The minimum absolute atomic E-state index is 0.325. The van der Waals surface area contributed by atoms with Crippen LogP contribution in [0.3, 0.4) is 0 Å². The van der Waals surface area contributed by atoms with Crippen molar-refractivity contribution in [1.82, 2.24) is 15.0 Å². The molecule has 7 nitrogen and oxygen atoms in total. The van der Waals surface area contributed by atoms with E-state index in [1.807, 2.05) is 12.1 Å². The molecule has 2 aromatic carbocycles. The number of unbranched alkanes of at least 4 members (excludes halogenated alkanes) is 1. The van der Waals surface area contributed by atoms with Crippen LogP contribution in [0.25, 0.3) is 0 Å². The van der Waals surface area contributed by atoms with Crippen molar-refractivity contribution in [3.8, 4) is 0 Å². The van der Waals surface area contributed by atoms with E-state index >= 15 is 0 Å². The Morgan fingerprint density at radius 3 is 2.32 bits per heavy atom. The first-order valence-corrected chi connectivity index (χ1v) is 10.7. The molecule has 0 atom stereocenters. The largest absolute Gasteiger partial charge is 0.378 e. The van der Waals surface area contributed by atoms with Gasteiger partial charge in [0.2, 0.25) is 17.8 Å². The second-order valence-corrected chi connectivity index (χ2v) is 7.44. The van der Waals surface area contributed by atoms with Crippen LogP contribution in [0.15, 0.2) is 48.5 Å². The van der Waals surface area contributed by atoms with Gasteiger partial charge < -0.3 is 20.3 Å². The molecule has 0 bridgehead atoms. The second-order valence-electron chi connectivity index (χ2n) is 7.44. The van der Waals surface area contributed by atoms with Crippen LogP contribution in [-0.2, 0) is 11.2 Å². The Hall–Kier alpha value is -3.26. The Kier molecular flexibility index (Phi) is 6.89. The van der Waals surface area contributed by atoms with Crippen LogP contribution >= 0.6 is 0 Å². The van der Waals surface area contributed by atoms with Gasteiger partial charge in [0.15, 0.2) is 0 Å². The molecular weight excluding hydrogens is 395 g/mol. The number of ether oxygens (including phenoxy) is 1. The number of benzene rings is 2. The van der Waals surface area contributed by atoms with E-state index in [0.29, 0.717) is 49.8 Å². The Bertz CT molecular complexity index is 992. The van der Waals surface area contributed by atoms with Gasteiger partial charge in [-0.05, 0) is 48.7 Å². The molecule has 1 aliphatic heterocycles. The molecule has 0 spiro atoms. The van der Waals surface area contributed by atoms with Crippen LogP contribution in [0.1, 0.15) is 25.3 Å². The molecule has 0 unspecified atom stereocenters. The zero-order chi connectivity index (χ0) is 21.5. The number of halogens is 1. The van der Waals surface area contributed by atoms with E-state index in [1.165, 1.54) is 30.5 Å². The van der Waals surface area contributed by atoms with E-state index in [4.69, 9.17) is 4.74 Å². The van der Waals surface area contributed by atoms with E-state index in [1.54, 1.807) is 12.1 Å². The summed E-state index contributed by atoms with van der Waals surface area (Å²) in [6.45, 7) is 4.85. The van der Waals surface area contributed by atoms with Crippen LogP contribution < -0.4 is 15.5 Å². The fraction of sp³-hybridized carbons (Fsp3) is 0.348. The SMILES string of the molecule is CCCCc1ccc(Nc2nc(Nc3cccc(F)c3)nc(N3CCOCC3)n2)cc1. The predicted octanol–water partition coefficient (Wildman–Crippen LogP) is 4.68. The van der Waals surface area contributed by atoms with Crippen molar-refractivity contribution in [2.75, 3.05) is 41.8 Å². The summed E-state index contributed by atoms with van der Waals surface area (Å²) >= 11 is 0. The molecule has 0 saturated carbocycles. The van der Waals surface area contributed by atoms with Gasteiger partial charge in [0.25, 0.3) is 0 Å². The first-order chi connectivity index (χ1) is 15.2. The molecule has 0 aliphatic carbocycles. The first-order valence-electron chi connectivity index (χ1n) is 10.7. The molecule has 1 fully saturated rings. The molecule has 31 heavy (non-hydrogen) atoms. The summed E-state index contributed by atoms with van der Waals surface area (Å²) in [6, 6.07) is 14.5. The van der Waals surface area contributed by atoms with Crippen LogP contribution in [0.5, 0.6) is 0 Å². The maximum absolute atomic E-state index is 13.6. The average Bonchev–Trinajstić information content (AvgIpc) is 2.79. The van der Waals surface area contributed by atoms with Gasteiger partial charge in [-0.1, -0.05) is 31.5 Å². The smallest absolute Gasteiger partial charge is 0.233 e. The second kappa shape index (κ2) is 10.2. The fourth-order valence-electron chi connectivity index (χ4n) is 3.34. The Morgan fingerprint density at radius 2 is 1.65 bits per heavy atom. The molecular formula is C23H27FN6O. The normalized spacial score (nSPS) is 13.8. The predicted molar refractivity (Wildman–Crippen MR) is 121 cm³/mol. The van der Waals surface area contributed by atoms with Crippen molar-refractivity contribution in [1.29, 1.82) is 0 Å². The van der Waals surface area contributed by atoms with Crippen LogP contribution in [0, 0.1) is 5.82 Å². The van der Waals surface area contributed by atoms with Crippen molar-refractivity contribution in [2.24, 2.45) is 0 Å². The van der Waals surface area contributed by atoms with Gasteiger partial charge in [-0.15, -0.1) is 0 Å².